The first-order valence-corrected chi connectivity index (χ1v) is 12.2. The first-order valence-electron chi connectivity index (χ1n) is 11.8. The Bertz CT molecular complexity index is 744. The largest absolute Gasteiger partial charge is 0.356 e. The number of halogens is 1. The Morgan fingerprint density at radius 1 is 0.875 bits per heavy atom. The number of rotatable bonds is 10. The molecule has 0 saturated carbocycles. The number of nitrogens with one attached hydrogen (secondary N) is 1. The van der Waals surface area contributed by atoms with Crippen LogP contribution in [0.1, 0.15) is 62.5 Å². The zero-order valence-electron chi connectivity index (χ0n) is 19.4. The van der Waals surface area contributed by atoms with Crippen molar-refractivity contribution >= 4 is 22.8 Å². The van der Waals surface area contributed by atoms with Crippen molar-refractivity contribution in [3.8, 4) is 0 Å². The van der Waals surface area contributed by atoms with Gasteiger partial charge in [0.1, 0.15) is 13.1 Å². The molecular weight excluding hydrogens is 420 g/mol. The van der Waals surface area contributed by atoms with Gasteiger partial charge in [-0.2, -0.15) is 0 Å². The molecule has 32 heavy (non-hydrogen) atoms. The van der Waals surface area contributed by atoms with Crippen molar-refractivity contribution in [3.05, 3.63) is 71.8 Å². The van der Waals surface area contributed by atoms with Gasteiger partial charge in [-0.25, -0.2) is 0 Å². The van der Waals surface area contributed by atoms with Gasteiger partial charge in [-0.05, 0) is 43.7 Å². The molecule has 5 heteroatoms. The quantitative estimate of drug-likeness (QED) is 0.277. The fourth-order valence-electron chi connectivity index (χ4n) is 4.10. The van der Waals surface area contributed by atoms with Crippen molar-refractivity contribution in [2.75, 3.05) is 20.1 Å². The number of quaternary nitrogens is 1. The van der Waals surface area contributed by atoms with Gasteiger partial charge in [0.05, 0.1) is 13.6 Å². The summed E-state index contributed by atoms with van der Waals surface area (Å²) in [6, 6.07) is 21.4. The number of unbranched alkanes of at least 4 members (excludes halogenated alkanes) is 2. The van der Waals surface area contributed by atoms with Crippen LogP contribution in [0.25, 0.3) is 0 Å². The van der Waals surface area contributed by atoms with E-state index in [0.717, 1.165) is 69.2 Å². The predicted molar refractivity (Wildman–Crippen MR) is 132 cm³/mol. The van der Waals surface area contributed by atoms with Crippen LogP contribution >= 0.6 is 11.6 Å². The van der Waals surface area contributed by atoms with E-state index in [2.05, 4.69) is 73.0 Å². The predicted octanol–water partition coefficient (Wildman–Crippen LogP) is 5.84. The van der Waals surface area contributed by atoms with E-state index in [9.17, 15) is 9.59 Å². The van der Waals surface area contributed by atoms with Crippen LogP contribution in [0.15, 0.2) is 60.7 Å². The first-order chi connectivity index (χ1) is 15.5. The summed E-state index contributed by atoms with van der Waals surface area (Å²) in [4.78, 5) is 21.4. The summed E-state index contributed by atoms with van der Waals surface area (Å²) in [5.41, 5.74) is 2.73. The van der Waals surface area contributed by atoms with Gasteiger partial charge in [0.15, 0.2) is 0 Å². The van der Waals surface area contributed by atoms with Crippen LogP contribution in [0.3, 0.4) is 0 Å². The average molecular weight is 458 g/mol. The SMILES string of the molecule is C[N+](CCCCCC(=O)Cl)(Cc1ccccc1)Cc1ccccc1.O=C1CCCCCN1. The number of carbonyl (C=O) groups is 2. The molecule has 2 aromatic rings. The molecule has 3 rings (SSSR count). The highest BCUT2D eigenvalue weighted by Gasteiger charge is 2.22. The molecule has 0 bridgehead atoms. The summed E-state index contributed by atoms with van der Waals surface area (Å²) in [5, 5.41) is 2.58. The molecule has 0 unspecified atom stereocenters. The Balaban J connectivity index is 0.000000380. The van der Waals surface area contributed by atoms with Crippen molar-refractivity contribution in [2.45, 2.75) is 64.5 Å². The minimum Gasteiger partial charge on any atom is -0.356 e. The third-order valence-electron chi connectivity index (χ3n) is 5.79. The molecule has 4 nitrogen and oxygen atoms in total. The smallest absolute Gasteiger partial charge is 0.221 e. The number of benzene rings is 2. The molecule has 0 atom stereocenters. The molecule has 1 heterocycles. The van der Waals surface area contributed by atoms with E-state index in [0.29, 0.717) is 6.42 Å². The molecule has 174 valence electrons. The summed E-state index contributed by atoms with van der Waals surface area (Å²) < 4.78 is 0.975. The second-order valence-corrected chi connectivity index (χ2v) is 9.38. The maximum atomic E-state index is 10.8. The highest BCUT2D eigenvalue weighted by atomic mass is 35.5. The Morgan fingerprint density at radius 3 is 2.03 bits per heavy atom. The minimum absolute atomic E-state index is 0.221. The zero-order valence-corrected chi connectivity index (χ0v) is 20.2. The van der Waals surface area contributed by atoms with Gasteiger partial charge in [-0.3, -0.25) is 9.59 Å². The van der Waals surface area contributed by atoms with Gasteiger partial charge in [-0.15, -0.1) is 0 Å². The molecule has 1 aliphatic rings. The topological polar surface area (TPSA) is 46.2 Å². The lowest BCUT2D eigenvalue weighted by Crippen LogP contribution is -2.43. The molecule has 0 radical (unpaired) electrons. The van der Waals surface area contributed by atoms with Crippen LogP contribution in [0.2, 0.25) is 0 Å². The maximum absolute atomic E-state index is 10.8. The number of amides is 1. The minimum atomic E-state index is -0.221. The van der Waals surface area contributed by atoms with Crippen molar-refractivity contribution in [1.29, 1.82) is 0 Å². The monoisotopic (exact) mass is 457 g/mol. The Morgan fingerprint density at radius 2 is 1.47 bits per heavy atom. The van der Waals surface area contributed by atoms with E-state index in [-0.39, 0.29) is 11.1 Å². The summed E-state index contributed by atoms with van der Waals surface area (Å²) in [7, 11) is 2.33. The third kappa shape index (κ3) is 11.4. The highest BCUT2D eigenvalue weighted by molar-refractivity contribution is 6.63. The van der Waals surface area contributed by atoms with Gasteiger partial charge in [0.25, 0.3) is 0 Å². The van der Waals surface area contributed by atoms with Crippen molar-refractivity contribution in [2.24, 2.45) is 0 Å². The van der Waals surface area contributed by atoms with Crippen LogP contribution in [-0.4, -0.2) is 35.8 Å². The van der Waals surface area contributed by atoms with Crippen LogP contribution in [0, 0.1) is 0 Å². The standard InChI is InChI=1S/C21H27ClNO.C6H11NO/c1-23(16-10-4-9-15-21(22)24,17-19-11-5-2-6-12-19)18-20-13-7-3-8-14-20;8-6-4-2-1-3-5-7-6/h2-3,5-8,11-14H,4,9-10,15-18H2,1H3;1-5H2,(H,7,8)/q+1;. The molecule has 2 aromatic carbocycles. The van der Waals surface area contributed by atoms with Crippen LogP contribution in [0.5, 0.6) is 0 Å². The Hall–Kier alpha value is -2.17. The highest BCUT2D eigenvalue weighted by Crippen LogP contribution is 2.19. The van der Waals surface area contributed by atoms with Crippen LogP contribution < -0.4 is 5.32 Å². The lowest BCUT2D eigenvalue weighted by Gasteiger charge is -2.35. The summed E-state index contributed by atoms with van der Waals surface area (Å²) in [5.74, 6) is 0.225. The Kier molecular flexibility index (Phi) is 12.1. The number of hydrogen-bond donors (Lipinski definition) is 1. The van der Waals surface area contributed by atoms with Gasteiger partial charge >= 0.3 is 0 Å². The summed E-state index contributed by atoms with van der Waals surface area (Å²) in [6.45, 7) is 4.02. The Labute approximate surface area is 198 Å². The van der Waals surface area contributed by atoms with Gasteiger partial charge in [0.2, 0.25) is 11.1 Å². The lowest BCUT2D eigenvalue weighted by atomic mass is 10.1. The second-order valence-electron chi connectivity index (χ2n) is 8.96. The van der Waals surface area contributed by atoms with E-state index in [1.54, 1.807) is 0 Å². The van der Waals surface area contributed by atoms with Gasteiger partial charge in [0, 0.05) is 30.5 Å². The molecule has 1 amide bonds. The second kappa shape index (κ2) is 14.8. The molecule has 1 fully saturated rings. The molecule has 1 N–H and O–H groups in total. The first kappa shape index (κ1) is 26.1. The summed E-state index contributed by atoms with van der Waals surface area (Å²) >= 11 is 5.42. The van der Waals surface area contributed by atoms with Gasteiger partial charge in [-0.1, -0.05) is 67.1 Å². The van der Waals surface area contributed by atoms with E-state index in [4.69, 9.17) is 11.6 Å². The van der Waals surface area contributed by atoms with Crippen molar-refractivity contribution in [1.82, 2.24) is 5.32 Å². The number of carbonyl (C=O) groups excluding carboxylic acids is 2. The van der Waals surface area contributed by atoms with Crippen LogP contribution in [0.4, 0.5) is 0 Å². The molecule has 1 aliphatic heterocycles. The molecule has 0 spiro atoms. The maximum Gasteiger partial charge on any atom is 0.221 e. The number of nitrogens with zero attached hydrogens (tertiary/aromatic N) is 1. The van der Waals surface area contributed by atoms with Gasteiger partial charge < -0.3 is 9.80 Å². The van der Waals surface area contributed by atoms with E-state index in [1.807, 2.05) is 0 Å². The molecule has 0 aromatic heterocycles. The lowest BCUT2D eigenvalue weighted by molar-refractivity contribution is -0.935. The fraction of sp³-hybridized carbons (Fsp3) is 0.481. The number of hydrogen-bond acceptors (Lipinski definition) is 2. The normalized spacial score (nSPS) is 14.0. The van der Waals surface area contributed by atoms with Crippen LogP contribution in [-0.2, 0) is 22.7 Å². The van der Waals surface area contributed by atoms with Crippen molar-refractivity contribution in [3.63, 3.8) is 0 Å². The average Bonchev–Trinajstić information content (AvgIpc) is 3.02. The van der Waals surface area contributed by atoms with Crippen molar-refractivity contribution < 1.29 is 14.1 Å². The fourth-order valence-corrected chi connectivity index (χ4v) is 4.23. The van der Waals surface area contributed by atoms with E-state index >= 15 is 0 Å². The molecular formula is C27H38ClN2O2+. The molecule has 1 saturated heterocycles. The zero-order chi connectivity index (χ0) is 23.1. The third-order valence-corrected chi connectivity index (χ3v) is 5.98. The van der Waals surface area contributed by atoms with E-state index < -0.39 is 0 Å². The summed E-state index contributed by atoms with van der Waals surface area (Å²) in [6.07, 6.45) is 7.72. The molecule has 0 aliphatic carbocycles. The van der Waals surface area contributed by atoms with E-state index in [1.165, 1.54) is 17.5 Å².